The van der Waals surface area contributed by atoms with Crippen LogP contribution in [0.15, 0.2) is 11.5 Å². The van der Waals surface area contributed by atoms with Crippen molar-refractivity contribution in [2.24, 2.45) is 16.7 Å². The summed E-state index contributed by atoms with van der Waals surface area (Å²) in [6.07, 6.45) is 3.65. The predicted octanol–water partition coefficient (Wildman–Crippen LogP) is 1.61. The molecule has 0 heterocycles. The van der Waals surface area contributed by atoms with Crippen molar-refractivity contribution in [2.45, 2.75) is 39.2 Å². The maximum absolute atomic E-state index is 12.1. The molecule has 0 aliphatic heterocycles. The minimum Gasteiger partial charge on any atom is -0.466 e. The summed E-state index contributed by atoms with van der Waals surface area (Å²) in [5.41, 5.74) is -0.260. The lowest BCUT2D eigenvalue weighted by molar-refractivity contribution is -0.134. The van der Waals surface area contributed by atoms with Crippen LogP contribution in [-0.4, -0.2) is 34.3 Å². The van der Waals surface area contributed by atoms with Gasteiger partial charge in [-0.3, -0.25) is 4.21 Å². The van der Waals surface area contributed by atoms with Gasteiger partial charge in [-0.2, -0.15) is 0 Å². The summed E-state index contributed by atoms with van der Waals surface area (Å²) >= 11 is 0. The van der Waals surface area contributed by atoms with E-state index in [0.717, 1.165) is 19.3 Å². The van der Waals surface area contributed by atoms with Gasteiger partial charge in [0.05, 0.1) is 13.2 Å². The molecule has 4 atom stereocenters. The van der Waals surface area contributed by atoms with Gasteiger partial charge in [0.2, 0.25) is 0 Å². The van der Waals surface area contributed by atoms with Crippen molar-refractivity contribution in [1.82, 2.24) is 0 Å². The Bertz CT molecular complexity index is 429. The van der Waals surface area contributed by atoms with Crippen molar-refractivity contribution >= 4 is 16.8 Å². The van der Waals surface area contributed by atoms with Gasteiger partial charge in [-0.05, 0) is 30.6 Å². The molecule has 0 unspecified atom stereocenters. The first-order valence-electron chi connectivity index (χ1n) is 6.65. The van der Waals surface area contributed by atoms with E-state index in [1.807, 2.05) is 0 Å². The average molecular weight is 286 g/mol. The van der Waals surface area contributed by atoms with Crippen LogP contribution in [0.3, 0.4) is 0 Å². The molecule has 2 saturated carbocycles. The number of carbonyl (C=O) groups excluding carboxylic acids is 1. The molecule has 2 aliphatic rings. The minimum atomic E-state index is -1.25. The molecular weight excluding hydrogens is 264 g/mol. The Morgan fingerprint density at radius 2 is 2.21 bits per heavy atom. The maximum Gasteiger partial charge on any atom is 0.331 e. The summed E-state index contributed by atoms with van der Waals surface area (Å²) in [7, 11) is 0.0381. The summed E-state index contributed by atoms with van der Waals surface area (Å²) in [6.45, 7) is 4.34. The highest BCUT2D eigenvalue weighted by molar-refractivity contribution is 7.88. The van der Waals surface area contributed by atoms with Gasteiger partial charge in [-0.15, -0.1) is 0 Å². The number of ether oxygens (including phenoxy) is 1. The molecule has 4 nitrogen and oxygen atoms in total. The zero-order valence-electron chi connectivity index (χ0n) is 11.7. The van der Waals surface area contributed by atoms with Crippen molar-refractivity contribution < 1.29 is 18.8 Å². The Kier molecular flexibility index (Phi) is 3.89. The van der Waals surface area contributed by atoms with Crippen LogP contribution in [-0.2, 0) is 20.3 Å². The quantitative estimate of drug-likeness (QED) is 0.630. The summed E-state index contributed by atoms with van der Waals surface area (Å²) in [5, 5.41) is 11.7. The fourth-order valence-corrected chi connectivity index (χ4v) is 5.46. The Morgan fingerprint density at radius 1 is 1.53 bits per heavy atom. The van der Waals surface area contributed by atoms with Gasteiger partial charge < -0.3 is 9.84 Å². The van der Waals surface area contributed by atoms with Crippen molar-refractivity contribution in [3.05, 3.63) is 11.5 Å². The van der Waals surface area contributed by atoms with Crippen LogP contribution in [0.25, 0.3) is 0 Å². The highest BCUT2D eigenvalue weighted by Crippen LogP contribution is 2.65. The van der Waals surface area contributed by atoms with Crippen molar-refractivity contribution in [3.63, 3.8) is 0 Å². The molecule has 0 aromatic rings. The number of hydrogen-bond donors (Lipinski definition) is 1. The maximum atomic E-state index is 12.1. The van der Waals surface area contributed by atoms with Crippen LogP contribution in [0.1, 0.15) is 33.1 Å². The van der Waals surface area contributed by atoms with E-state index in [2.05, 4.69) is 18.6 Å². The normalized spacial score (nSPS) is 37.7. The topological polar surface area (TPSA) is 63.6 Å². The summed E-state index contributed by atoms with van der Waals surface area (Å²) < 4.78 is 16.6. The van der Waals surface area contributed by atoms with Crippen molar-refractivity contribution in [1.29, 1.82) is 0 Å². The average Bonchev–Trinajstić information content (AvgIpc) is 2.70. The van der Waals surface area contributed by atoms with Crippen molar-refractivity contribution in [3.8, 4) is 0 Å². The lowest BCUT2D eigenvalue weighted by atomic mass is 9.70. The number of esters is 1. The first-order chi connectivity index (χ1) is 8.83. The molecule has 2 bridgehead atoms. The smallest absolute Gasteiger partial charge is 0.331 e. The Morgan fingerprint density at radius 3 is 2.68 bits per heavy atom. The third kappa shape index (κ3) is 2.27. The lowest BCUT2D eigenvalue weighted by Crippen LogP contribution is -2.43. The fraction of sp³-hybridized carbons (Fsp3) is 0.786. The lowest BCUT2D eigenvalue weighted by Gasteiger charge is -2.39. The number of rotatable bonds is 4. The van der Waals surface area contributed by atoms with E-state index >= 15 is 0 Å². The molecule has 0 aromatic heterocycles. The molecule has 1 N–H and O–H groups in total. The molecule has 0 saturated heterocycles. The van der Waals surface area contributed by atoms with Gasteiger partial charge in [0.1, 0.15) is 0 Å². The standard InChI is InChI=1S/C14H22O4S/c1-13(2)10-4-6-14(13,11(15)8-10)9-19(17)7-5-12(16)18-3/h5,7,10-11,15H,4,6,8-9H2,1-3H3/b7-5+/t10-,11-,14-,19-/m1/s1. The minimum absolute atomic E-state index is 0.0151. The predicted molar refractivity (Wildman–Crippen MR) is 73.7 cm³/mol. The zero-order chi connectivity index (χ0) is 14.3. The highest BCUT2D eigenvalue weighted by Gasteiger charge is 2.63. The molecule has 5 heteroatoms. The highest BCUT2D eigenvalue weighted by atomic mass is 32.2. The monoisotopic (exact) mass is 286 g/mol. The molecule has 0 radical (unpaired) electrons. The second-order valence-corrected chi connectivity index (χ2v) is 7.54. The molecule has 2 rings (SSSR count). The van der Waals surface area contributed by atoms with Gasteiger partial charge in [0, 0.05) is 33.5 Å². The molecular formula is C14H22O4S. The second-order valence-electron chi connectivity index (χ2n) is 6.22. The van der Waals surface area contributed by atoms with Crippen LogP contribution >= 0.6 is 0 Å². The number of hydrogen-bond acceptors (Lipinski definition) is 4. The summed E-state index contributed by atoms with van der Waals surface area (Å²) in [4.78, 5) is 11.0. The second kappa shape index (κ2) is 5.02. The van der Waals surface area contributed by atoms with Gasteiger partial charge in [0.25, 0.3) is 0 Å². The third-order valence-electron chi connectivity index (χ3n) is 5.35. The van der Waals surface area contributed by atoms with E-state index in [9.17, 15) is 14.1 Å². The Balaban J connectivity index is 2.11. The molecule has 0 amide bonds. The molecule has 2 aliphatic carbocycles. The molecule has 2 fully saturated rings. The number of methoxy groups -OCH3 is 1. The van der Waals surface area contributed by atoms with E-state index in [0.29, 0.717) is 11.7 Å². The van der Waals surface area contributed by atoms with Gasteiger partial charge >= 0.3 is 5.97 Å². The molecule has 0 spiro atoms. The van der Waals surface area contributed by atoms with Gasteiger partial charge in [-0.1, -0.05) is 13.8 Å². The largest absolute Gasteiger partial charge is 0.466 e. The Hall–Kier alpha value is -0.680. The van der Waals surface area contributed by atoms with Crippen LogP contribution in [0, 0.1) is 16.7 Å². The zero-order valence-corrected chi connectivity index (χ0v) is 12.5. The number of aliphatic hydroxyl groups excluding tert-OH is 1. The third-order valence-corrected chi connectivity index (χ3v) is 6.58. The molecule has 108 valence electrons. The van der Waals surface area contributed by atoms with Gasteiger partial charge in [-0.25, -0.2) is 4.79 Å². The summed E-state index contributed by atoms with van der Waals surface area (Å²) in [5.74, 6) is 0.441. The molecule has 19 heavy (non-hydrogen) atoms. The van der Waals surface area contributed by atoms with Gasteiger partial charge in [0.15, 0.2) is 0 Å². The number of aliphatic hydroxyl groups is 1. The van der Waals surface area contributed by atoms with E-state index in [-0.39, 0.29) is 16.9 Å². The van der Waals surface area contributed by atoms with Crippen LogP contribution < -0.4 is 0 Å². The van der Waals surface area contributed by atoms with Crippen LogP contribution in [0.5, 0.6) is 0 Å². The van der Waals surface area contributed by atoms with E-state index in [1.165, 1.54) is 18.6 Å². The van der Waals surface area contributed by atoms with E-state index in [4.69, 9.17) is 0 Å². The fourth-order valence-electron chi connectivity index (χ4n) is 3.88. The Labute approximate surface area is 116 Å². The van der Waals surface area contributed by atoms with Crippen molar-refractivity contribution in [2.75, 3.05) is 12.9 Å². The first-order valence-corrected chi connectivity index (χ1v) is 8.03. The van der Waals surface area contributed by atoms with E-state index in [1.54, 1.807) is 0 Å². The van der Waals surface area contributed by atoms with Crippen LogP contribution in [0.4, 0.5) is 0 Å². The SMILES string of the molecule is COC(=O)/C=C/[S@@](=O)C[C@]12CC[C@H](C[C@H]1O)C2(C)C. The first kappa shape index (κ1) is 14.7. The van der Waals surface area contributed by atoms with E-state index < -0.39 is 16.8 Å². The summed E-state index contributed by atoms with van der Waals surface area (Å²) in [6, 6.07) is 0. The molecule has 0 aromatic carbocycles. The van der Waals surface area contributed by atoms with Crippen LogP contribution in [0.2, 0.25) is 0 Å². The number of carbonyl (C=O) groups is 1. The number of fused-ring (bicyclic) bond motifs is 2.